The van der Waals surface area contributed by atoms with E-state index in [1.54, 1.807) is 31.4 Å². The van der Waals surface area contributed by atoms with Gasteiger partial charge in [0.2, 0.25) is 0 Å². The maximum atomic E-state index is 13.1. The molecule has 7 nitrogen and oxygen atoms in total. The lowest BCUT2D eigenvalue weighted by Gasteiger charge is -2.11. The van der Waals surface area contributed by atoms with Gasteiger partial charge in [0.1, 0.15) is 17.3 Å². The van der Waals surface area contributed by atoms with Crippen molar-refractivity contribution in [2.24, 2.45) is 0 Å². The highest BCUT2D eigenvalue weighted by atomic mass is 32.1. The second-order valence-electron chi connectivity index (χ2n) is 7.07. The number of hydrogen-bond acceptors (Lipinski definition) is 6. The molecule has 1 amide bonds. The molecule has 2 aromatic heterocycles. The standard InChI is InChI=1S/C23H22FN3O4S/c1-12-19(9-13-5-7-14(24)8-6-13)32-23(25-12)27-22(28)16-10-15-17(29-2)11-18(30-3)21(31-4)20(15)26-16/h5-8,10-11,26H,9H2,1-4H3,(H,25,27,28). The zero-order chi connectivity index (χ0) is 22.8. The third-order valence-corrected chi connectivity index (χ3v) is 6.15. The summed E-state index contributed by atoms with van der Waals surface area (Å²) in [6.07, 6.45) is 0.611. The fourth-order valence-electron chi connectivity index (χ4n) is 3.46. The molecule has 0 saturated heterocycles. The Balaban J connectivity index is 1.59. The van der Waals surface area contributed by atoms with Gasteiger partial charge < -0.3 is 19.2 Å². The van der Waals surface area contributed by atoms with Crippen LogP contribution in [0.4, 0.5) is 9.52 Å². The van der Waals surface area contributed by atoms with Gasteiger partial charge in [-0.3, -0.25) is 10.1 Å². The van der Waals surface area contributed by atoms with Crippen LogP contribution in [0.2, 0.25) is 0 Å². The van der Waals surface area contributed by atoms with E-state index < -0.39 is 0 Å². The normalized spacial score (nSPS) is 10.9. The number of carbonyl (C=O) groups excluding carboxylic acids is 1. The Kier molecular flexibility index (Phi) is 6.00. The average Bonchev–Trinajstić information content (AvgIpc) is 3.38. The van der Waals surface area contributed by atoms with Gasteiger partial charge in [-0.15, -0.1) is 11.3 Å². The molecule has 0 radical (unpaired) electrons. The molecule has 4 aromatic rings. The molecule has 0 saturated carbocycles. The summed E-state index contributed by atoms with van der Waals surface area (Å²) in [5.74, 6) is 0.915. The number of aromatic amines is 1. The smallest absolute Gasteiger partial charge is 0.273 e. The molecule has 32 heavy (non-hydrogen) atoms. The van der Waals surface area contributed by atoms with Crippen molar-refractivity contribution < 1.29 is 23.4 Å². The number of hydrogen-bond donors (Lipinski definition) is 2. The number of amides is 1. The molecule has 0 aliphatic heterocycles. The van der Waals surface area contributed by atoms with Crippen molar-refractivity contribution in [1.29, 1.82) is 0 Å². The Bertz CT molecular complexity index is 1280. The van der Waals surface area contributed by atoms with Crippen molar-refractivity contribution in [3.8, 4) is 17.2 Å². The molecule has 2 N–H and O–H groups in total. The van der Waals surface area contributed by atoms with Gasteiger partial charge in [0.05, 0.1) is 32.5 Å². The Hall–Kier alpha value is -3.59. The quantitative estimate of drug-likeness (QED) is 0.412. The highest BCUT2D eigenvalue weighted by Crippen LogP contribution is 2.41. The molecule has 0 spiro atoms. The SMILES string of the molecule is COc1cc(OC)c2cc(C(=O)Nc3nc(C)c(Cc4ccc(F)cc4)s3)[nH]c2c1OC. The predicted octanol–water partition coefficient (Wildman–Crippen LogP) is 4.94. The number of anilines is 1. The molecule has 2 heterocycles. The Labute approximate surface area is 188 Å². The number of carbonyl (C=O) groups is 1. The number of nitrogens with one attached hydrogen (secondary N) is 2. The number of benzene rings is 2. The summed E-state index contributed by atoms with van der Waals surface area (Å²) in [6, 6.07) is 9.76. The number of ether oxygens (including phenoxy) is 3. The molecule has 4 rings (SSSR count). The van der Waals surface area contributed by atoms with Gasteiger partial charge in [-0.05, 0) is 30.7 Å². The third kappa shape index (κ3) is 4.11. The fourth-order valence-corrected chi connectivity index (χ4v) is 4.45. The summed E-state index contributed by atoms with van der Waals surface area (Å²) in [4.78, 5) is 21.5. The van der Waals surface area contributed by atoms with Crippen LogP contribution >= 0.6 is 11.3 Å². The van der Waals surface area contributed by atoms with Crippen molar-refractivity contribution in [3.05, 3.63) is 64.0 Å². The number of fused-ring (bicyclic) bond motifs is 1. The minimum atomic E-state index is -0.341. The van der Waals surface area contributed by atoms with Crippen molar-refractivity contribution in [1.82, 2.24) is 9.97 Å². The fraction of sp³-hybridized carbons (Fsp3) is 0.217. The first-order chi connectivity index (χ1) is 15.4. The van der Waals surface area contributed by atoms with E-state index in [1.165, 1.54) is 37.7 Å². The van der Waals surface area contributed by atoms with Crippen LogP contribution in [0.25, 0.3) is 10.9 Å². The zero-order valence-electron chi connectivity index (χ0n) is 18.0. The van der Waals surface area contributed by atoms with E-state index in [0.29, 0.717) is 45.4 Å². The molecule has 9 heteroatoms. The van der Waals surface area contributed by atoms with Crippen molar-refractivity contribution in [2.75, 3.05) is 26.6 Å². The highest BCUT2D eigenvalue weighted by Gasteiger charge is 2.20. The van der Waals surface area contributed by atoms with Crippen LogP contribution in [0.3, 0.4) is 0 Å². The van der Waals surface area contributed by atoms with E-state index in [0.717, 1.165) is 16.1 Å². The van der Waals surface area contributed by atoms with E-state index in [4.69, 9.17) is 14.2 Å². The average molecular weight is 456 g/mol. The van der Waals surface area contributed by atoms with E-state index in [2.05, 4.69) is 15.3 Å². The van der Waals surface area contributed by atoms with Gasteiger partial charge in [-0.2, -0.15) is 0 Å². The largest absolute Gasteiger partial charge is 0.496 e. The topological polar surface area (TPSA) is 85.5 Å². The summed E-state index contributed by atoms with van der Waals surface area (Å²) < 4.78 is 29.4. The highest BCUT2D eigenvalue weighted by molar-refractivity contribution is 7.15. The number of aromatic nitrogens is 2. The van der Waals surface area contributed by atoms with Crippen molar-refractivity contribution in [3.63, 3.8) is 0 Å². The number of H-pyrrole nitrogens is 1. The van der Waals surface area contributed by atoms with Gasteiger partial charge in [0.25, 0.3) is 5.91 Å². The second-order valence-corrected chi connectivity index (χ2v) is 8.15. The molecule has 0 aliphatic rings. The van der Waals surface area contributed by atoms with Crippen LogP contribution in [-0.2, 0) is 6.42 Å². The Morgan fingerprint density at radius 3 is 2.47 bits per heavy atom. The minimum Gasteiger partial charge on any atom is -0.496 e. The first kappa shape index (κ1) is 21.6. The first-order valence-electron chi connectivity index (χ1n) is 9.77. The molecular weight excluding hydrogens is 433 g/mol. The van der Waals surface area contributed by atoms with E-state index in [-0.39, 0.29) is 11.7 Å². The Morgan fingerprint density at radius 1 is 1.09 bits per heavy atom. The minimum absolute atomic E-state index is 0.271. The van der Waals surface area contributed by atoms with E-state index in [9.17, 15) is 9.18 Å². The van der Waals surface area contributed by atoms with Crippen LogP contribution in [0.15, 0.2) is 36.4 Å². The van der Waals surface area contributed by atoms with Gasteiger partial charge in [0.15, 0.2) is 16.6 Å². The lowest BCUT2D eigenvalue weighted by Crippen LogP contribution is -2.11. The predicted molar refractivity (Wildman–Crippen MR) is 122 cm³/mol. The molecule has 2 aromatic carbocycles. The first-order valence-corrected chi connectivity index (χ1v) is 10.6. The van der Waals surface area contributed by atoms with E-state index >= 15 is 0 Å². The van der Waals surface area contributed by atoms with Crippen LogP contribution in [0, 0.1) is 12.7 Å². The van der Waals surface area contributed by atoms with Crippen LogP contribution in [0.5, 0.6) is 17.2 Å². The zero-order valence-corrected chi connectivity index (χ0v) is 18.9. The summed E-state index contributed by atoms with van der Waals surface area (Å²) in [7, 11) is 4.62. The van der Waals surface area contributed by atoms with Crippen LogP contribution < -0.4 is 19.5 Å². The molecule has 0 bridgehead atoms. The molecule has 0 atom stereocenters. The molecule has 0 aliphatic carbocycles. The number of nitrogens with zero attached hydrogens (tertiary/aromatic N) is 1. The summed E-state index contributed by atoms with van der Waals surface area (Å²) in [5, 5.41) is 4.03. The molecule has 0 unspecified atom stereocenters. The van der Waals surface area contributed by atoms with Crippen molar-refractivity contribution >= 4 is 33.3 Å². The maximum Gasteiger partial charge on any atom is 0.273 e. The summed E-state index contributed by atoms with van der Waals surface area (Å²) >= 11 is 1.39. The maximum absolute atomic E-state index is 13.1. The van der Waals surface area contributed by atoms with Crippen molar-refractivity contribution in [2.45, 2.75) is 13.3 Å². The van der Waals surface area contributed by atoms with Gasteiger partial charge >= 0.3 is 0 Å². The number of aryl methyl sites for hydroxylation is 1. The lowest BCUT2D eigenvalue weighted by molar-refractivity contribution is 0.102. The summed E-state index contributed by atoms with van der Waals surface area (Å²) in [5.41, 5.74) is 2.72. The molecular formula is C23H22FN3O4S. The second kappa shape index (κ2) is 8.88. The number of rotatable bonds is 7. The lowest BCUT2D eigenvalue weighted by atomic mass is 10.1. The summed E-state index contributed by atoms with van der Waals surface area (Å²) in [6.45, 7) is 1.88. The van der Waals surface area contributed by atoms with Gasteiger partial charge in [-0.25, -0.2) is 9.37 Å². The Morgan fingerprint density at radius 2 is 1.81 bits per heavy atom. The number of halogens is 1. The monoisotopic (exact) mass is 455 g/mol. The van der Waals surface area contributed by atoms with Gasteiger partial charge in [0, 0.05) is 22.8 Å². The van der Waals surface area contributed by atoms with Crippen LogP contribution in [-0.4, -0.2) is 37.2 Å². The van der Waals surface area contributed by atoms with E-state index in [1.807, 2.05) is 6.92 Å². The van der Waals surface area contributed by atoms with Gasteiger partial charge in [-0.1, -0.05) is 12.1 Å². The molecule has 166 valence electrons. The van der Waals surface area contributed by atoms with Crippen LogP contribution in [0.1, 0.15) is 26.6 Å². The molecule has 0 fully saturated rings. The number of thiazole rings is 1. The number of methoxy groups -OCH3 is 3. The third-order valence-electron chi connectivity index (χ3n) is 5.08.